The van der Waals surface area contributed by atoms with Crippen molar-refractivity contribution >= 4 is 11.6 Å². The SMILES string of the molecule is NC(=NCc1cccc([N+](=O)[O-])c1)N1CCCCC1. The van der Waals surface area contributed by atoms with Crippen molar-refractivity contribution in [2.75, 3.05) is 13.1 Å². The van der Waals surface area contributed by atoms with Crippen molar-refractivity contribution < 1.29 is 4.92 Å². The molecule has 2 rings (SSSR count). The normalized spacial score (nSPS) is 16.4. The summed E-state index contributed by atoms with van der Waals surface area (Å²) in [6.45, 7) is 2.28. The van der Waals surface area contributed by atoms with Gasteiger partial charge in [-0.2, -0.15) is 0 Å². The Labute approximate surface area is 112 Å². The third kappa shape index (κ3) is 3.67. The Morgan fingerprint density at radius 1 is 1.37 bits per heavy atom. The largest absolute Gasteiger partial charge is 0.370 e. The molecule has 2 N–H and O–H groups in total. The van der Waals surface area contributed by atoms with Crippen LogP contribution in [0.5, 0.6) is 0 Å². The lowest BCUT2D eigenvalue weighted by molar-refractivity contribution is -0.384. The van der Waals surface area contributed by atoms with E-state index in [1.54, 1.807) is 6.07 Å². The number of non-ortho nitro benzene ring substituents is 1. The molecular formula is C13H18N4O2. The molecule has 1 saturated heterocycles. The summed E-state index contributed by atoms with van der Waals surface area (Å²) in [4.78, 5) is 16.7. The monoisotopic (exact) mass is 262 g/mol. The molecule has 0 unspecified atom stereocenters. The van der Waals surface area contributed by atoms with Gasteiger partial charge in [0, 0.05) is 25.2 Å². The number of nitro benzene ring substituents is 1. The van der Waals surface area contributed by atoms with Gasteiger partial charge < -0.3 is 10.6 Å². The Morgan fingerprint density at radius 2 is 2.11 bits per heavy atom. The molecule has 6 heteroatoms. The maximum absolute atomic E-state index is 10.7. The van der Waals surface area contributed by atoms with Crippen LogP contribution in [0.1, 0.15) is 24.8 Å². The highest BCUT2D eigenvalue weighted by Gasteiger charge is 2.12. The van der Waals surface area contributed by atoms with Crippen molar-refractivity contribution in [2.24, 2.45) is 10.7 Å². The zero-order valence-electron chi connectivity index (χ0n) is 10.8. The summed E-state index contributed by atoms with van der Waals surface area (Å²) >= 11 is 0. The van der Waals surface area contributed by atoms with E-state index in [4.69, 9.17) is 5.73 Å². The lowest BCUT2D eigenvalue weighted by Crippen LogP contribution is -2.40. The summed E-state index contributed by atoms with van der Waals surface area (Å²) in [5, 5.41) is 10.7. The first-order chi connectivity index (χ1) is 9.16. The molecular weight excluding hydrogens is 244 g/mol. The highest BCUT2D eigenvalue weighted by molar-refractivity contribution is 5.78. The number of likely N-dealkylation sites (tertiary alicyclic amines) is 1. The molecule has 0 atom stereocenters. The van der Waals surface area contributed by atoms with Gasteiger partial charge in [0.2, 0.25) is 0 Å². The van der Waals surface area contributed by atoms with Crippen molar-refractivity contribution in [3.05, 3.63) is 39.9 Å². The van der Waals surface area contributed by atoms with E-state index in [2.05, 4.69) is 9.89 Å². The van der Waals surface area contributed by atoms with Crippen LogP contribution in [0.15, 0.2) is 29.3 Å². The minimum absolute atomic E-state index is 0.0873. The van der Waals surface area contributed by atoms with Crippen LogP contribution in [-0.2, 0) is 6.54 Å². The predicted octanol–water partition coefficient (Wildman–Crippen LogP) is 1.90. The number of benzene rings is 1. The molecule has 1 heterocycles. The fourth-order valence-electron chi connectivity index (χ4n) is 2.16. The second kappa shape index (κ2) is 6.17. The zero-order chi connectivity index (χ0) is 13.7. The minimum atomic E-state index is -0.402. The molecule has 1 aromatic rings. The van der Waals surface area contributed by atoms with Crippen LogP contribution in [0.25, 0.3) is 0 Å². The summed E-state index contributed by atoms with van der Waals surface area (Å²) in [6, 6.07) is 6.49. The molecule has 0 bridgehead atoms. The number of nitrogens with two attached hydrogens (primary N) is 1. The number of hydrogen-bond acceptors (Lipinski definition) is 3. The molecule has 0 radical (unpaired) electrons. The Kier molecular flexibility index (Phi) is 4.33. The first-order valence-corrected chi connectivity index (χ1v) is 6.45. The van der Waals surface area contributed by atoms with Gasteiger partial charge in [-0.1, -0.05) is 12.1 Å². The fraction of sp³-hybridized carbons (Fsp3) is 0.462. The Hall–Kier alpha value is -2.11. The quantitative estimate of drug-likeness (QED) is 0.390. The molecule has 0 aromatic heterocycles. The van der Waals surface area contributed by atoms with Crippen LogP contribution in [0.3, 0.4) is 0 Å². The maximum atomic E-state index is 10.7. The van der Waals surface area contributed by atoms with Gasteiger partial charge in [0.05, 0.1) is 11.5 Å². The molecule has 0 aliphatic carbocycles. The van der Waals surface area contributed by atoms with Crippen molar-refractivity contribution in [2.45, 2.75) is 25.8 Å². The number of hydrogen-bond donors (Lipinski definition) is 1. The summed E-state index contributed by atoms with van der Waals surface area (Å²) in [5.41, 5.74) is 6.82. The predicted molar refractivity (Wildman–Crippen MR) is 73.8 cm³/mol. The smallest absolute Gasteiger partial charge is 0.269 e. The topological polar surface area (TPSA) is 84.8 Å². The van der Waals surface area contributed by atoms with E-state index in [0.717, 1.165) is 31.5 Å². The van der Waals surface area contributed by atoms with Gasteiger partial charge in [0.25, 0.3) is 5.69 Å². The molecule has 1 aliphatic rings. The van der Waals surface area contributed by atoms with E-state index in [-0.39, 0.29) is 5.69 Å². The number of nitro groups is 1. The number of aliphatic imine (C=N–C) groups is 1. The molecule has 19 heavy (non-hydrogen) atoms. The fourth-order valence-corrected chi connectivity index (χ4v) is 2.16. The van der Waals surface area contributed by atoms with Crippen LogP contribution in [-0.4, -0.2) is 28.9 Å². The molecule has 1 fully saturated rings. The Bertz CT molecular complexity index is 481. The second-order valence-electron chi connectivity index (χ2n) is 4.65. The van der Waals surface area contributed by atoms with Crippen LogP contribution in [0.2, 0.25) is 0 Å². The average Bonchev–Trinajstić information content (AvgIpc) is 2.46. The molecule has 0 saturated carbocycles. The van der Waals surface area contributed by atoms with Gasteiger partial charge >= 0.3 is 0 Å². The molecule has 1 aliphatic heterocycles. The Balaban J connectivity index is 2.00. The lowest BCUT2D eigenvalue weighted by atomic mass is 10.1. The van der Waals surface area contributed by atoms with Gasteiger partial charge in [0.1, 0.15) is 0 Å². The number of guanidine groups is 1. The summed E-state index contributed by atoms with van der Waals surface area (Å²) in [5.74, 6) is 0.534. The number of rotatable bonds is 3. The van der Waals surface area contributed by atoms with Gasteiger partial charge in [-0.15, -0.1) is 0 Å². The average molecular weight is 262 g/mol. The minimum Gasteiger partial charge on any atom is -0.370 e. The van der Waals surface area contributed by atoms with E-state index in [0.29, 0.717) is 12.5 Å². The standard InChI is InChI=1S/C13H18N4O2/c14-13(16-7-2-1-3-8-16)15-10-11-5-4-6-12(9-11)17(18)19/h4-6,9H,1-3,7-8,10H2,(H2,14,15). The highest BCUT2D eigenvalue weighted by atomic mass is 16.6. The zero-order valence-corrected chi connectivity index (χ0v) is 10.8. The third-order valence-electron chi connectivity index (χ3n) is 3.23. The summed E-state index contributed by atoms with van der Waals surface area (Å²) in [6.07, 6.45) is 3.54. The van der Waals surface area contributed by atoms with Crippen molar-refractivity contribution in [1.29, 1.82) is 0 Å². The third-order valence-corrected chi connectivity index (χ3v) is 3.23. The lowest BCUT2D eigenvalue weighted by Gasteiger charge is -2.27. The van der Waals surface area contributed by atoms with Crippen LogP contribution >= 0.6 is 0 Å². The number of piperidine rings is 1. The van der Waals surface area contributed by atoms with Crippen LogP contribution in [0, 0.1) is 10.1 Å². The van der Waals surface area contributed by atoms with E-state index < -0.39 is 4.92 Å². The van der Waals surface area contributed by atoms with Crippen LogP contribution in [0.4, 0.5) is 5.69 Å². The van der Waals surface area contributed by atoms with Crippen LogP contribution < -0.4 is 5.73 Å². The summed E-state index contributed by atoms with van der Waals surface area (Å²) in [7, 11) is 0. The van der Waals surface area contributed by atoms with E-state index in [1.807, 2.05) is 6.07 Å². The number of nitrogens with zero attached hydrogens (tertiary/aromatic N) is 3. The second-order valence-corrected chi connectivity index (χ2v) is 4.65. The molecule has 1 aromatic carbocycles. The molecule has 102 valence electrons. The van der Waals surface area contributed by atoms with E-state index in [1.165, 1.54) is 18.6 Å². The van der Waals surface area contributed by atoms with Gasteiger partial charge in [-0.25, -0.2) is 4.99 Å². The van der Waals surface area contributed by atoms with Gasteiger partial charge in [0.15, 0.2) is 5.96 Å². The van der Waals surface area contributed by atoms with Crippen molar-refractivity contribution in [3.63, 3.8) is 0 Å². The molecule has 6 nitrogen and oxygen atoms in total. The maximum Gasteiger partial charge on any atom is 0.269 e. The van der Waals surface area contributed by atoms with E-state index >= 15 is 0 Å². The highest BCUT2D eigenvalue weighted by Crippen LogP contribution is 2.14. The van der Waals surface area contributed by atoms with Gasteiger partial charge in [-0.05, 0) is 24.8 Å². The van der Waals surface area contributed by atoms with Crippen molar-refractivity contribution in [3.8, 4) is 0 Å². The first kappa shape index (κ1) is 13.3. The molecule has 0 amide bonds. The van der Waals surface area contributed by atoms with Gasteiger partial charge in [-0.3, -0.25) is 10.1 Å². The summed E-state index contributed by atoms with van der Waals surface area (Å²) < 4.78 is 0. The first-order valence-electron chi connectivity index (χ1n) is 6.45. The van der Waals surface area contributed by atoms with E-state index in [9.17, 15) is 10.1 Å². The Morgan fingerprint density at radius 3 is 2.79 bits per heavy atom. The molecule has 0 spiro atoms. The van der Waals surface area contributed by atoms with Crippen molar-refractivity contribution in [1.82, 2.24) is 4.90 Å².